The van der Waals surface area contributed by atoms with Crippen molar-refractivity contribution in [2.24, 2.45) is 0 Å². The molecule has 28 heavy (non-hydrogen) atoms. The lowest BCUT2D eigenvalue weighted by atomic mass is 10.1. The lowest BCUT2D eigenvalue weighted by Crippen LogP contribution is -2.15. The summed E-state index contributed by atoms with van der Waals surface area (Å²) in [6.07, 6.45) is -0.582. The van der Waals surface area contributed by atoms with E-state index < -0.39 is 33.4 Å². The van der Waals surface area contributed by atoms with Crippen LogP contribution in [0.25, 0.3) is 0 Å². The maximum absolute atomic E-state index is 12.6. The van der Waals surface area contributed by atoms with Crippen molar-refractivity contribution >= 4 is 21.6 Å². The van der Waals surface area contributed by atoms with Crippen LogP contribution in [0.1, 0.15) is 21.6 Å². The van der Waals surface area contributed by atoms with Gasteiger partial charge in [0.1, 0.15) is 5.69 Å². The largest absolute Gasteiger partial charge is 0.416 e. The number of carbonyl (C=O) groups excluding carboxylic acids is 1. The fraction of sp³-hybridized carbons (Fsp3) is 0.111. The van der Waals surface area contributed by atoms with E-state index in [2.05, 4.69) is 10.3 Å². The van der Waals surface area contributed by atoms with Crippen molar-refractivity contribution in [3.05, 3.63) is 83.9 Å². The number of amides is 1. The topological polar surface area (TPSA) is 81.1 Å². The van der Waals surface area contributed by atoms with Gasteiger partial charge in [0, 0.05) is 18.6 Å². The maximum atomic E-state index is 12.6. The summed E-state index contributed by atoms with van der Waals surface area (Å²) in [6.45, 7) is 0. The molecule has 10 heteroatoms. The van der Waals surface area contributed by atoms with Gasteiger partial charge in [-0.2, -0.15) is 13.2 Å². The van der Waals surface area contributed by atoms with Crippen molar-refractivity contribution in [1.29, 1.82) is 0 Å². The number of halogens is 3. The zero-order valence-corrected chi connectivity index (χ0v) is 15.0. The molecule has 2 aromatic heterocycles. The molecule has 2 heterocycles. The van der Waals surface area contributed by atoms with Crippen LogP contribution in [0.3, 0.4) is 0 Å². The van der Waals surface area contributed by atoms with E-state index in [9.17, 15) is 26.4 Å². The second-order valence-corrected chi connectivity index (χ2v) is 7.72. The smallest absolute Gasteiger partial charge is 0.319 e. The number of nitrogens with zero attached hydrogens (tertiary/aromatic N) is 2. The zero-order chi connectivity index (χ0) is 20.4. The van der Waals surface area contributed by atoms with Gasteiger partial charge in [-0.1, -0.05) is 18.2 Å². The van der Waals surface area contributed by atoms with Crippen LogP contribution in [0, 0.1) is 0 Å². The van der Waals surface area contributed by atoms with Crippen molar-refractivity contribution in [2.45, 2.75) is 11.9 Å². The van der Waals surface area contributed by atoms with Gasteiger partial charge in [-0.05, 0) is 35.9 Å². The zero-order valence-electron chi connectivity index (χ0n) is 14.2. The minimum absolute atomic E-state index is 0.169. The van der Waals surface area contributed by atoms with Gasteiger partial charge < -0.3 is 5.32 Å². The third-order valence-corrected chi connectivity index (χ3v) is 5.34. The van der Waals surface area contributed by atoms with E-state index >= 15 is 0 Å². The van der Waals surface area contributed by atoms with Gasteiger partial charge in [0.2, 0.25) is 10.0 Å². The third kappa shape index (κ3) is 4.58. The molecule has 1 aromatic carbocycles. The number of carbonyl (C=O) groups is 1. The molecule has 3 aromatic rings. The van der Waals surface area contributed by atoms with Gasteiger partial charge in [-0.15, -0.1) is 0 Å². The normalized spacial score (nSPS) is 12.0. The predicted octanol–water partition coefficient (Wildman–Crippen LogP) is 3.53. The molecule has 0 unspecified atom stereocenters. The second-order valence-electron chi connectivity index (χ2n) is 5.85. The number of aromatic nitrogens is 2. The number of pyridine rings is 1. The monoisotopic (exact) mass is 409 g/mol. The Labute approximate surface area is 158 Å². The maximum Gasteiger partial charge on any atom is 0.416 e. The van der Waals surface area contributed by atoms with Crippen molar-refractivity contribution in [1.82, 2.24) is 8.96 Å². The van der Waals surface area contributed by atoms with Gasteiger partial charge in [-0.3, -0.25) is 13.8 Å². The van der Waals surface area contributed by atoms with Gasteiger partial charge in [0.25, 0.3) is 5.91 Å². The number of rotatable bonds is 5. The van der Waals surface area contributed by atoms with E-state index in [1.807, 2.05) is 0 Å². The van der Waals surface area contributed by atoms with E-state index in [1.54, 1.807) is 12.1 Å². The minimum Gasteiger partial charge on any atom is -0.319 e. The summed E-state index contributed by atoms with van der Waals surface area (Å²) < 4.78 is 63.6. The Kier molecular flexibility index (Phi) is 5.23. The number of hydrogen-bond donors (Lipinski definition) is 1. The van der Waals surface area contributed by atoms with Crippen molar-refractivity contribution in [3.63, 3.8) is 0 Å². The van der Waals surface area contributed by atoms with Gasteiger partial charge in [0.15, 0.2) is 0 Å². The molecule has 0 aliphatic heterocycles. The summed E-state index contributed by atoms with van der Waals surface area (Å²) in [5, 5.41) is 2.53. The Balaban J connectivity index is 1.72. The minimum atomic E-state index is -4.49. The highest BCUT2D eigenvalue weighted by molar-refractivity contribution is 7.89. The van der Waals surface area contributed by atoms with Gasteiger partial charge in [-0.25, -0.2) is 8.42 Å². The third-order valence-electron chi connectivity index (χ3n) is 3.77. The standard InChI is InChI=1S/C18H14F3N3O3S/c19-18(20,21)14-6-4-13(5-7-14)12-28(26,27)24-10-8-15(11-24)23-17(25)16-3-1-2-9-22-16/h1-11H,12H2,(H,23,25). The Morgan fingerprint density at radius 1 is 1.07 bits per heavy atom. The number of anilines is 1. The molecular weight excluding hydrogens is 395 g/mol. The molecule has 0 aliphatic carbocycles. The lowest BCUT2D eigenvalue weighted by Gasteiger charge is -2.09. The first-order valence-corrected chi connectivity index (χ1v) is 9.56. The molecule has 0 aliphatic rings. The highest BCUT2D eigenvalue weighted by Crippen LogP contribution is 2.29. The summed E-state index contributed by atoms with van der Waals surface area (Å²) in [7, 11) is -3.87. The molecule has 1 amide bonds. The Morgan fingerprint density at radius 3 is 2.39 bits per heavy atom. The quantitative estimate of drug-likeness (QED) is 0.699. The molecule has 0 saturated heterocycles. The Bertz CT molecular complexity index is 1080. The van der Waals surface area contributed by atoms with Crippen LogP contribution in [0.15, 0.2) is 67.1 Å². The highest BCUT2D eigenvalue weighted by atomic mass is 32.2. The van der Waals surface area contributed by atoms with E-state index in [0.29, 0.717) is 0 Å². The fourth-order valence-electron chi connectivity index (χ4n) is 2.39. The number of benzene rings is 1. The first-order chi connectivity index (χ1) is 13.1. The molecular formula is C18H14F3N3O3S. The van der Waals surface area contributed by atoms with Crippen molar-refractivity contribution in [3.8, 4) is 0 Å². The van der Waals surface area contributed by atoms with Crippen LogP contribution in [-0.2, 0) is 22.0 Å². The second kappa shape index (κ2) is 7.47. The summed E-state index contributed by atoms with van der Waals surface area (Å²) in [5.74, 6) is -0.994. The van der Waals surface area contributed by atoms with E-state index in [0.717, 1.165) is 28.2 Å². The van der Waals surface area contributed by atoms with Crippen LogP contribution in [0.2, 0.25) is 0 Å². The first-order valence-electron chi connectivity index (χ1n) is 7.95. The molecule has 1 N–H and O–H groups in total. The molecule has 0 saturated carbocycles. The van der Waals surface area contributed by atoms with Crippen LogP contribution in [0.5, 0.6) is 0 Å². The summed E-state index contributed by atoms with van der Waals surface area (Å²) in [6, 6.07) is 10.1. The lowest BCUT2D eigenvalue weighted by molar-refractivity contribution is -0.137. The highest BCUT2D eigenvalue weighted by Gasteiger charge is 2.30. The Hall–Kier alpha value is -3.14. The molecule has 0 atom stereocenters. The molecule has 3 rings (SSSR count). The fourth-order valence-corrected chi connectivity index (χ4v) is 3.67. The van der Waals surface area contributed by atoms with Crippen LogP contribution in [0.4, 0.5) is 18.9 Å². The number of alkyl halides is 3. The molecule has 0 fully saturated rings. The van der Waals surface area contributed by atoms with E-state index in [1.165, 1.54) is 30.7 Å². The molecule has 146 valence electrons. The van der Waals surface area contributed by atoms with Crippen LogP contribution in [-0.4, -0.2) is 23.3 Å². The number of nitrogens with one attached hydrogen (secondary N) is 1. The van der Waals surface area contributed by atoms with Crippen molar-refractivity contribution in [2.75, 3.05) is 5.32 Å². The molecule has 6 nitrogen and oxygen atoms in total. The number of hydrogen-bond acceptors (Lipinski definition) is 4. The average Bonchev–Trinajstić information content (AvgIpc) is 3.11. The summed E-state index contributed by atoms with van der Waals surface area (Å²) >= 11 is 0. The first kappa shape index (κ1) is 19.6. The van der Waals surface area contributed by atoms with Crippen LogP contribution < -0.4 is 5.32 Å². The van der Waals surface area contributed by atoms with E-state index in [4.69, 9.17) is 0 Å². The summed E-state index contributed by atoms with van der Waals surface area (Å²) in [5.41, 5.74) is -0.232. The molecule has 0 spiro atoms. The van der Waals surface area contributed by atoms with Crippen molar-refractivity contribution < 1.29 is 26.4 Å². The van der Waals surface area contributed by atoms with Gasteiger partial charge >= 0.3 is 6.18 Å². The Morgan fingerprint density at radius 2 is 1.79 bits per heavy atom. The SMILES string of the molecule is O=C(Nc1ccn(S(=O)(=O)Cc2ccc(C(F)(F)F)cc2)c1)c1ccccn1. The van der Waals surface area contributed by atoms with E-state index in [-0.39, 0.29) is 16.9 Å². The molecule has 0 radical (unpaired) electrons. The summed E-state index contributed by atoms with van der Waals surface area (Å²) in [4.78, 5) is 15.9. The molecule has 0 bridgehead atoms. The van der Waals surface area contributed by atoms with Gasteiger partial charge in [0.05, 0.1) is 17.0 Å². The van der Waals surface area contributed by atoms with Crippen LogP contribution >= 0.6 is 0 Å². The predicted molar refractivity (Wildman–Crippen MR) is 96.1 cm³/mol. The average molecular weight is 409 g/mol.